The molecule has 5 rings (SSSR count). The molecule has 1 saturated carbocycles. The van der Waals surface area contributed by atoms with Gasteiger partial charge in [0.2, 0.25) is 5.91 Å². The average Bonchev–Trinajstić information content (AvgIpc) is 3.68. The number of carbonyl (C=O) groups is 3. The van der Waals surface area contributed by atoms with Crippen molar-refractivity contribution in [2.75, 3.05) is 32.7 Å². The number of aliphatic carboxylic acids is 1. The lowest BCUT2D eigenvalue weighted by Gasteiger charge is -2.26. The molecule has 0 aromatic heterocycles. The summed E-state index contributed by atoms with van der Waals surface area (Å²) >= 11 is 0. The van der Waals surface area contributed by atoms with Crippen LogP contribution in [0.1, 0.15) is 65.2 Å². The van der Waals surface area contributed by atoms with Crippen molar-refractivity contribution in [3.8, 4) is 0 Å². The van der Waals surface area contributed by atoms with Gasteiger partial charge in [-0.25, -0.2) is 4.79 Å². The molecule has 3 aliphatic rings. The number of hydrogen-bond acceptors (Lipinski definition) is 4. The maximum Gasteiger partial charge on any atom is 0.490 e. The molecule has 0 spiro atoms. The van der Waals surface area contributed by atoms with Crippen LogP contribution >= 0.6 is 0 Å². The highest BCUT2D eigenvalue weighted by Gasteiger charge is 2.42. The van der Waals surface area contributed by atoms with E-state index >= 15 is 0 Å². The van der Waals surface area contributed by atoms with Crippen LogP contribution in [-0.2, 0) is 9.59 Å². The SMILES string of the molecule is Cc1ccc(C(=O)N2CC3CN(CCC(NC(=O)C4CCCC4)c4ccccc4)C[C@H]3C2)c(C)c1.O=C(O)C(F)(F)F. The van der Waals surface area contributed by atoms with Crippen LogP contribution in [0.3, 0.4) is 0 Å². The Kier molecular flexibility index (Phi) is 10.3. The molecule has 1 aliphatic carbocycles. The number of carboxylic acids is 1. The molecule has 228 valence electrons. The van der Waals surface area contributed by atoms with E-state index in [1.165, 1.54) is 24.0 Å². The topological polar surface area (TPSA) is 90.0 Å². The molecule has 2 amide bonds. The van der Waals surface area contributed by atoms with Gasteiger partial charge in [-0.05, 0) is 62.1 Å². The Morgan fingerprint density at radius 3 is 2.10 bits per heavy atom. The highest BCUT2D eigenvalue weighted by molar-refractivity contribution is 5.96. The first kappa shape index (κ1) is 31.5. The van der Waals surface area contributed by atoms with Gasteiger partial charge in [0.15, 0.2) is 0 Å². The molecular formula is C32H40F3N3O4. The Morgan fingerprint density at radius 1 is 0.952 bits per heavy atom. The largest absolute Gasteiger partial charge is 0.490 e. The van der Waals surface area contributed by atoms with Crippen molar-refractivity contribution in [2.45, 2.75) is 58.2 Å². The van der Waals surface area contributed by atoms with E-state index in [2.05, 4.69) is 52.4 Å². The fourth-order valence-electron chi connectivity index (χ4n) is 6.46. The minimum absolute atomic E-state index is 0.0623. The quantitative estimate of drug-likeness (QED) is 0.454. The number of rotatable bonds is 7. The first-order chi connectivity index (χ1) is 19.9. The van der Waals surface area contributed by atoms with Gasteiger partial charge in [0.1, 0.15) is 0 Å². The van der Waals surface area contributed by atoms with Crippen molar-refractivity contribution in [1.29, 1.82) is 0 Å². The second kappa shape index (κ2) is 13.7. The minimum atomic E-state index is -5.08. The number of carboxylic acid groups (broad SMARTS) is 1. The van der Waals surface area contributed by atoms with E-state index in [1.54, 1.807) is 0 Å². The maximum absolute atomic E-state index is 13.1. The van der Waals surface area contributed by atoms with Gasteiger partial charge < -0.3 is 20.2 Å². The Morgan fingerprint density at radius 2 is 1.55 bits per heavy atom. The van der Waals surface area contributed by atoms with E-state index in [0.717, 1.165) is 63.1 Å². The number of halogens is 3. The lowest BCUT2D eigenvalue weighted by atomic mass is 10.0. The minimum Gasteiger partial charge on any atom is -0.475 e. The van der Waals surface area contributed by atoms with E-state index in [4.69, 9.17) is 9.90 Å². The molecule has 2 saturated heterocycles. The first-order valence-electron chi connectivity index (χ1n) is 14.7. The normalized spacial score (nSPS) is 21.4. The van der Waals surface area contributed by atoms with Crippen molar-refractivity contribution in [3.05, 3.63) is 70.8 Å². The van der Waals surface area contributed by atoms with Gasteiger partial charge in [0, 0.05) is 44.2 Å². The Labute approximate surface area is 245 Å². The number of alkyl halides is 3. The summed E-state index contributed by atoms with van der Waals surface area (Å²) in [5.74, 6) is -1.06. The number of hydrogen-bond donors (Lipinski definition) is 2. The van der Waals surface area contributed by atoms with E-state index in [1.807, 2.05) is 25.1 Å². The standard InChI is InChI=1S/C30H39N3O2.C2HF3O2/c1-21-12-13-27(22(2)16-21)30(35)33-19-25-17-32(18-26(25)20-33)15-14-28(23-8-4-3-5-9-23)31-29(34)24-10-6-7-11-24;3-2(4,5)1(6)7/h3-5,8-9,12-13,16,24-26,28H,6-7,10-11,14-15,17-20H2,1-2H3,(H,31,34);(H,6,7)/t25-,26?,28?;/m0./s1. The number of nitrogens with one attached hydrogen (secondary N) is 1. The Hall–Kier alpha value is -3.40. The van der Waals surface area contributed by atoms with Gasteiger partial charge in [-0.2, -0.15) is 13.2 Å². The molecule has 2 heterocycles. The third-order valence-corrected chi connectivity index (χ3v) is 8.68. The molecule has 10 heteroatoms. The van der Waals surface area contributed by atoms with Crippen LogP contribution in [0.5, 0.6) is 0 Å². The summed E-state index contributed by atoms with van der Waals surface area (Å²) in [6.07, 6.45) is 0.245. The predicted molar refractivity (Wildman–Crippen MR) is 153 cm³/mol. The van der Waals surface area contributed by atoms with Gasteiger partial charge in [-0.1, -0.05) is 60.9 Å². The molecule has 2 N–H and O–H groups in total. The summed E-state index contributed by atoms with van der Waals surface area (Å²) in [6.45, 7) is 8.87. The highest BCUT2D eigenvalue weighted by Crippen LogP contribution is 2.33. The van der Waals surface area contributed by atoms with E-state index < -0.39 is 12.1 Å². The number of aryl methyl sites for hydroxylation is 2. The van der Waals surface area contributed by atoms with Gasteiger partial charge in [-0.15, -0.1) is 0 Å². The first-order valence-corrected chi connectivity index (χ1v) is 14.7. The molecule has 7 nitrogen and oxygen atoms in total. The average molecular weight is 588 g/mol. The third-order valence-electron chi connectivity index (χ3n) is 8.68. The van der Waals surface area contributed by atoms with E-state index in [0.29, 0.717) is 11.8 Å². The fraction of sp³-hybridized carbons (Fsp3) is 0.531. The number of benzene rings is 2. The molecule has 0 bridgehead atoms. The number of nitrogens with zero attached hydrogens (tertiary/aromatic N) is 2. The van der Waals surface area contributed by atoms with Crippen LogP contribution in [0, 0.1) is 31.6 Å². The maximum atomic E-state index is 13.1. The van der Waals surface area contributed by atoms with Crippen LogP contribution in [0.2, 0.25) is 0 Å². The van der Waals surface area contributed by atoms with Crippen molar-refractivity contribution < 1.29 is 32.7 Å². The van der Waals surface area contributed by atoms with Gasteiger partial charge in [0.05, 0.1) is 6.04 Å². The monoisotopic (exact) mass is 587 g/mol. The zero-order valence-electron chi connectivity index (χ0n) is 24.2. The van der Waals surface area contributed by atoms with Gasteiger partial charge in [-0.3, -0.25) is 9.59 Å². The third kappa shape index (κ3) is 8.12. The van der Waals surface area contributed by atoms with Crippen LogP contribution in [0.4, 0.5) is 13.2 Å². The second-order valence-corrected chi connectivity index (χ2v) is 11.9. The van der Waals surface area contributed by atoms with Crippen molar-refractivity contribution >= 4 is 17.8 Å². The Bertz CT molecular complexity index is 1230. The number of carbonyl (C=O) groups excluding carboxylic acids is 2. The molecule has 2 aromatic carbocycles. The molecular weight excluding hydrogens is 547 g/mol. The summed E-state index contributed by atoms with van der Waals surface area (Å²) in [5.41, 5.74) is 4.31. The van der Waals surface area contributed by atoms with E-state index in [9.17, 15) is 22.8 Å². The van der Waals surface area contributed by atoms with Crippen LogP contribution < -0.4 is 5.32 Å². The lowest BCUT2D eigenvalue weighted by Crippen LogP contribution is -2.36. The van der Waals surface area contributed by atoms with Crippen LogP contribution in [0.15, 0.2) is 48.5 Å². The summed E-state index contributed by atoms with van der Waals surface area (Å²) in [4.78, 5) is 39.5. The second-order valence-electron chi connectivity index (χ2n) is 11.9. The number of amides is 2. The molecule has 3 fully saturated rings. The Balaban J connectivity index is 0.000000517. The predicted octanol–water partition coefficient (Wildman–Crippen LogP) is 5.38. The number of fused-ring (bicyclic) bond motifs is 1. The summed E-state index contributed by atoms with van der Waals surface area (Å²) in [6, 6.07) is 16.6. The molecule has 3 atom stereocenters. The molecule has 42 heavy (non-hydrogen) atoms. The summed E-state index contributed by atoms with van der Waals surface area (Å²) in [7, 11) is 0. The molecule has 2 aliphatic heterocycles. The van der Waals surface area contributed by atoms with Gasteiger partial charge >= 0.3 is 12.1 Å². The van der Waals surface area contributed by atoms with Crippen LogP contribution in [0.25, 0.3) is 0 Å². The zero-order valence-corrected chi connectivity index (χ0v) is 24.2. The molecule has 0 radical (unpaired) electrons. The highest BCUT2D eigenvalue weighted by atomic mass is 19.4. The van der Waals surface area contributed by atoms with Crippen molar-refractivity contribution in [3.63, 3.8) is 0 Å². The summed E-state index contributed by atoms with van der Waals surface area (Å²) in [5, 5.41) is 10.5. The number of likely N-dealkylation sites (tertiary alicyclic amines) is 2. The smallest absolute Gasteiger partial charge is 0.475 e. The fourth-order valence-corrected chi connectivity index (χ4v) is 6.46. The van der Waals surface area contributed by atoms with E-state index in [-0.39, 0.29) is 23.8 Å². The molecule has 2 unspecified atom stereocenters. The lowest BCUT2D eigenvalue weighted by molar-refractivity contribution is -0.192. The molecule has 2 aromatic rings. The zero-order chi connectivity index (χ0) is 30.4. The van der Waals surface area contributed by atoms with Gasteiger partial charge in [0.25, 0.3) is 5.91 Å². The van der Waals surface area contributed by atoms with Crippen molar-refractivity contribution in [1.82, 2.24) is 15.1 Å². The van der Waals surface area contributed by atoms with Crippen molar-refractivity contribution in [2.24, 2.45) is 17.8 Å². The van der Waals surface area contributed by atoms with Crippen LogP contribution in [-0.4, -0.2) is 71.6 Å². The summed E-state index contributed by atoms with van der Waals surface area (Å²) < 4.78 is 31.7.